The van der Waals surface area contributed by atoms with Gasteiger partial charge in [-0.2, -0.15) is 0 Å². The summed E-state index contributed by atoms with van der Waals surface area (Å²) >= 11 is 0. The third kappa shape index (κ3) is 7.86. The second-order valence-electron chi connectivity index (χ2n) is 11.4. The molecule has 7 nitrogen and oxygen atoms in total. The van der Waals surface area contributed by atoms with E-state index in [1.54, 1.807) is 18.3 Å². The summed E-state index contributed by atoms with van der Waals surface area (Å²) in [6, 6.07) is 29.1. The molecule has 41 heavy (non-hydrogen) atoms. The zero-order chi connectivity index (χ0) is 28.7. The normalized spacial score (nSPS) is 15.6. The molecule has 0 radical (unpaired) electrons. The van der Waals surface area contributed by atoms with Crippen LogP contribution in [0.4, 0.5) is 16.2 Å². The number of hydrogen-bond donors (Lipinski definition) is 2. The fourth-order valence-electron chi connectivity index (χ4n) is 5.07. The molecule has 2 N–H and O–H groups in total. The number of ether oxygens (including phenoxy) is 2. The van der Waals surface area contributed by atoms with Gasteiger partial charge in [-0.05, 0) is 60.7 Å². The van der Waals surface area contributed by atoms with Gasteiger partial charge in [0, 0.05) is 36.6 Å². The van der Waals surface area contributed by atoms with E-state index in [9.17, 15) is 4.79 Å². The van der Waals surface area contributed by atoms with Gasteiger partial charge in [-0.3, -0.25) is 4.90 Å². The molecule has 0 spiro atoms. The number of amides is 2. The predicted octanol–water partition coefficient (Wildman–Crippen LogP) is 7.86. The molecular weight excluding hydrogens is 512 g/mol. The Morgan fingerprint density at radius 3 is 2.59 bits per heavy atom. The van der Waals surface area contributed by atoms with E-state index in [4.69, 9.17) is 9.47 Å². The van der Waals surface area contributed by atoms with Crippen molar-refractivity contribution in [3.8, 4) is 17.4 Å². The molecule has 0 aliphatic carbocycles. The molecule has 1 unspecified atom stereocenters. The van der Waals surface area contributed by atoms with Gasteiger partial charge in [0.15, 0.2) is 0 Å². The van der Waals surface area contributed by atoms with Crippen molar-refractivity contribution in [2.75, 3.05) is 23.7 Å². The van der Waals surface area contributed by atoms with Crippen molar-refractivity contribution in [1.29, 1.82) is 0 Å². The van der Waals surface area contributed by atoms with Crippen LogP contribution in [0.3, 0.4) is 0 Å². The number of rotatable bonds is 8. The minimum atomic E-state index is -0.393. The lowest BCUT2D eigenvalue weighted by molar-refractivity contribution is 0.0843. The Bertz CT molecular complexity index is 1450. The Morgan fingerprint density at radius 1 is 0.951 bits per heavy atom. The van der Waals surface area contributed by atoms with Crippen molar-refractivity contribution in [3.05, 3.63) is 108 Å². The molecule has 0 bridgehead atoms. The summed E-state index contributed by atoms with van der Waals surface area (Å²) < 4.78 is 12.5. The smallest absolute Gasteiger partial charge is 0.323 e. The number of pyridine rings is 1. The minimum Gasteiger partial charge on any atom is -0.489 e. The van der Waals surface area contributed by atoms with Crippen LogP contribution < -0.4 is 20.1 Å². The summed E-state index contributed by atoms with van der Waals surface area (Å²) in [6.07, 6.45) is 3.84. The predicted molar refractivity (Wildman–Crippen MR) is 164 cm³/mol. The highest BCUT2D eigenvalue weighted by Crippen LogP contribution is 2.35. The van der Waals surface area contributed by atoms with Gasteiger partial charge in [0.05, 0.1) is 0 Å². The average molecular weight is 551 g/mol. The van der Waals surface area contributed by atoms with Crippen LogP contribution in [0.15, 0.2) is 97.2 Å². The third-order valence-corrected chi connectivity index (χ3v) is 7.03. The lowest BCUT2D eigenvalue weighted by Crippen LogP contribution is -2.40. The molecule has 2 amide bonds. The molecule has 5 rings (SSSR count). The lowest BCUT2D eigenvalue weighted by atomic mass is 9.86. The number of anilines is 2. The molecule has 1 aromatic heterocycles. The van der Waals surface area contributed by atoms with Crippen LogP contribution in [-0.2, 0) is 12.0 Å². The molecule has 1 aliphatic heterocycles. The van der Waals surface area contributed by atoms with Crippen LogP contribution in [0.1, 0.15) is 44.7 Å². The number of nitrogens with one attached hydrogen (secondary N) is 2. The number of likely N-dealkylation sites (tertiary alicyclic amines) is 1. The van der Waals surface area contributed by atoms with Gasteiger partial charge in [-0.25, -0.2) is 9.78 Å². The Balaban J connectivity index is 1.20. The van der Waals surface area contributed by atoms with Gasteiger partial charge in [0.1, 0.15) is 23.3 Å². The highest BCUT2D eigenvalue weighted by Gasteiger charge is 2.22. The zero-order valence-electron chi connectivity index (χ0n) is 24.0. The first-order valence-corrected chi connectivity index (χ1v) is 14.2. The van der Waals surface area contributed by atoms with E-state index < -0.39 is 6.03 Å². The fourth-order valence-corrected chi connectivity index (χ4v) is 5.07. The fraction of sp³-hybridized carbons (Fsp3) is 0.294. The molecule has 1 saturated heterocycles. The second-order valence-corrected chi connectivity index (χ2v) is 11.4. The monoisotopic (exact) mass is 550 g/mol. The number of carbonyl (C=O) groups excluding carboxylic acids is 1. The standard InChI is InChI=1S/C34H38N4O3/c1-34(2,3)29-17-7-8-19-31(29)41-32-30(18-10-20-35-32)37-33(39)36-26-14-9-15-27(22-26)40-28-16-11-21-38(24-28)23-25-12-5-4-6-13-25/h4-10,12-15,17-20,22,28H,11,16,21,23-24H2,1-3H3,(H2,36,37,39). The largest absolute Gasteiger partial charge is 0.489 e. The highest BCUT2D eigenvalue weighted by atomic mass is 16.5. The van der Waals surface area contributed by atoms with E-state index in [0.717, 1.165) is 43.8 Å². The first-order chi connectivity index (χ1) is 19.8. The van der Waals surface area contributed by atoms with Gasteiger partial charge in [-0.15, -0.1) is 0 Å². The third-order valence-electron chi connectivity index (χ3n) is 7.03. The SMILES string of the molecule is CC(C)(C)c1ccccc1Oc1ncccc1NC(=O)Nc1cccc(OC2CCCN(Cc3ccccc3)C2)c1. The Kier molecular flexibility index (Phi) is 8.85. The number of hydrogen-bond acceptors (Lipinski definition) is 5. The van der Waals surface area contributed by atoms with Gasteiger partial charge in [0.25, 0.3) is 0 Å². The summed E-state index contributed by atoms with van der Waals surface area (Å²) in [5, 5.41) is 5.79. The quantitative estimate of drug-likeness (QED) is 0.234. The minimum absolute atomic E-state index is 0.0996. The van der Waals surface area contributed by atoms with E-state index in [0.29, 0.717) is 23.0 Å². The Hall–Kier alpha value is -4.36. The lowest BCUT2D eigenvalue weighted by Gasteiger charge is -2.33. The maximum atomic E-state index is 13.0. The summed E-state index contributed by atoms with van der Waals surface area (Å²) in [5.74, 6) is 1.77. The van der Waals surface area contributed by atoms with E-state index in [-0.39, 0.29) is 11.5 Å². The molecule has 1 atom stereocenters. The number of benzene rings is 3. The first-order valence-electron chi connectivity index (χ1n) is 14.2. The Labute approximate surface area is 242 Å². The number of para-hydroxylation sites is 1. The molecule has 1 aliphatic rings. The van der Waals surface area contributed by atoms with Crippen molar-refractivity contribution in [2.45, 2.75) is 51.7 Å². The van der Waals surface area contributed by atoms with Crippen molar-refractivity contribution >= 4 is 17.4 Å². The summed E-state index contributed by atoms with van der Waals surface area (Å²) in [5.41, 5.74) is 3.37. The summed E-state index contributed by atoms with van der Waals surface area (Å²) in [4.78, 5) is 19.8. The van der Waals surface area contributed by atoms with Gasteiger partial charge < -0.3 is 20.1 Å². The Morgan fingerprint density at radius 2 is 1.76 bits per heavy atom. The molecule has 2 heterocycles. The maximum Gasteiger partial charge on any atom is 0.323 e. The van der Waals surface area contributed by atoms with E-state index in [1.165, 1.54) is 5.56 Å². The topological polar surface area (TPSA) is 75.7 Å². The van der Waals surface area contributed by atoms with Crippen LogP contribution in [0.25, 0.3) is 0 Å². The number of carbonyl (C=O) groups is 1. The van der Waals surface area contributed by atoms with Crippen molar-refractivity contribution < 1.29 is 14.3 Å². The molecular formula is C34H38N4O3. The first kappa shape index (κ1) is 28.2. The molecule has 0 saturated carbocycles. The number of piperidine rings is 1. The maximum absolute atomic E-state index is 13.0. The van der Waals surface area contributed by atoms with Crippen LogP contribution in [0.5, 0.6) is 17.4 Å². The van der Waals surface area contributed by atoms with Gasteiger partial charge >= 0.3 is 6.03 Å². The molecule has 212 valence electrons. The molecule has 3 aromatic carbocycles. The number of aromatic nitrogens is 1. The van der Waals surface area contributed by atoms with Crippen LogP contribution >= 0.6 is 0 Å². The number of nitrogens with zero attached hydrogens (tertiary/aromatic N) is 2. The van der Waals surface area contributed by atoms with Gasteiger partial charge in [-0.1, -0.05) is 75.4 Å². The van der Waals surface area contributed by atoms with Crippen molar-refractivity contribution in [2.24, 2.45) is 0 Å². The summed E-state index contributed by atoms with van der Waals surface area (Å²) in [6.45, 7) is 9.25. The van der Waals surface area contributed by atoms with Crippen LogP contribution in [-0.4, -0.2) is 35.1 Å². The van der Waals surface area contributed by atoms with E-state index in [2.05, 4.69) is 65.6 Å². The molecule has 4 aromatic rings. The average Bonchev–Trinajstić information content (AvgIpc) is 2.95. The van der Waals surface area contributed by atoms with Crippen molar-refractivity contribution in [3.63, 3.8) is 0 Å². The highest BCUT2D eigenvalue weighted by molar-refractivity contribution is 6.00. The summed E-state index contributed by atoms with van der Waals surface area (Å²) in [7, 11) is 0. The van der Waals surface area contributed by atoms with E-state index >= 15 is 0 Å². The number of urea groups is 1. The zero-order valence-corrected chi connectivity index (χ0v) is 24.0. The van der Waals surface area contributed by atoms with Crippen LogP contribution in [0.2, 0.25) is 0 Å². The van der Waals surface area contributed by atoms with Crippen molar-refractivity contribution in [1.82, 2.24) is 9.88 Å². The second kappa shape index (κ2) is 12.9. The van der Waals surface area contributed by atoms with E-state index in [1.807, 2.05) is 54.6 Å². The van der Waals surface area contributed by atoms with Gasteiger partial charge in [0.2, 0.25) is 5.88 Å². The van der Waals surface area contributed by atoms with Crippen LogP contribution in [0, 0.1) is 0 Å². The molecule has 7 heteroatoms. The molecule has 1 fully saturated rings.